The average Bonchev–Trinajstić information content (AvgIpc) is 3.23. The number of nitrogens with zero attached hydrogens (tertiary/aromatic N) is 3. The molecular weight excluding hydrogens is 355 g/mol. The van der Waals surface area contributed by atoms with Gasteiger partial charge in [-0.05, 0) is 56.7 Å². The molecule has 1 atom stereocenters. The molecule has 1 aliphatic carbocycles. The number of rotatable bonds is 5. The number of amides is 1. The van der Waals surface area contributed by atoms with Gasteiger partial charge in [-0.1, -0.05) is 12.1 Å². The molecule has 148 valence electrons. The minimum absolute atomic E-state index is 0.199. The minimum Gasteiger partial charge on any atom is -0.342 e. The fourth-order valence-electron chi connectivity index (χ4n) is 4.98. The summed E-state index contributed by atoms with van der Waals surface area (Å²) >= 11 is 0. The Hall–Kier alpha value is -2.21. The van der Waals surface area contributed by atoms with Crippen LogP contribution in [0.25, 0.3) is 11.3 Å². The number of aromatic amines is 1. The predicted octanol–water partition coefficient (Wildman–Crippen LogP) is 3.44. The third kappa shape index (κ3) is 3.34. The maximum Gasteiger partial charge on any atom is 0.230 e. The highest BCUT2D eigenvalue weighted by Crippen LogP contribution is 2.42. The van der Waals surface area contributed by atoms with Crippen molar-refractivity contribution < 1.29 is 9.18 Å². The Balaban J connectivity index is 1.29. The lowest BCUT2D eigenvalue weighted by atomic mass is 9.78. The van der Waals surface area contributed by atoms with Gasteiger partial charge in [0.2, 0.25) is 5.91 Å². The number of aromatic nitrogens is 2. The van der Waals surface area contributed by atoms with Gasteiger partial charge < -0.3 is 4.90 Å². The van der Waals surface area contributed by atoms with Crippen LogP contribution in [0.15, 0.2) is 30.5 Å². The highest BCUT2D eigenvalue weighted by molar-refractivity contribution is 5.84. The van der Waals surface area contributed by atoms with Crippen molar-refractivity contribution in [1.82, 2.24) is 20.0 Å². The molecule has 0 radical (unpaired) electrons. The van der Waals surface area contributed by atoms with Crippen molar-refractivity contribution in [3.8, 4) is 11.3 Å². The molecule has 2 saturated heterocycles. The molecular formula is C22H27FN4O. The molecule has 3 fully saturated rings. The second-order valence-electron chi connectivity index (χ2n) is 8.82. The van der Waals surface area contributed by atoms with Crippen molar-refractivity contribution in [2.45, 2.75) is 38.6 Å². The van der Waals surface area contributed by atoms with Crippen molar-refractivity contribution in [3.63, 3.8) is 0 Å². The molecule has 1 aromatic carbocycles. The molecule has 1 N–H and O–H groups in total. The Bertz CT molecular complexity index is 877. The Labute approximate surface area is 164 Å². The Morgan fingerprint density at radius 2 is 2.14 bits per heavy atom. The van der Waals surface area contributed by atoms with Crippen molar-refractivity contribution in [3.05, 3.63) is 41.8 Å². The van der Waals surface area contributed by atoms with Crippen LogP contribution in [-0.4, -0.2) is 52.1 Å². The van der Waals surface area contributed by atoms with E-state index in [9.17, 15) is 9.18 Å². The van der Waals surface area contributed by atoms with Crippen LogP contribution < -0.4 is 0 Å². The highest BCUT2D eigenvalue weighted by atomic mass is 19.1. The molecule has 1 aromatic heterocycles. The maximum absolute atomic E-state index is 13.6. The van der Waals surface area contributed by atoms with E-state index in [1.807, 2.05) is 12.3 Å². The largest absolute Gasteiger partial charge is 0.342 e. The average molecular weight is 382 g/mol. The van der Waals surface area contributed by atoms with Crippen LogP contribution in [-0.2, 0) is 11.3 Å². The van der Waals surface area contributed by atoms with Gasteiger partial charge in [0.1, 0.15) is 5.82 Å². The van der Waals surface area contributed by atoms with Crippen LogP contribution in [0.4, 0.5) is 4.39 Å². The fraction of sp³-hybridized carbons (Fsp3) is 0.545. The van der Waals surface area contributed by atoms with Gasteiger partial charge in [-0.2, -0.15) is 5.10 Å². The normalized spacial score (nSPS) is 25.8. The van der Waals surface area contributed by atoms with E-state index in [2.05, 4.69) is 20.0 Å². The smallest absolute Gasteiger partial charge is 0.230 e. The number of piperidine rings is 1. The Morgan fingerprint density at radius 3 is 2.96 bits per heavy atom. The first-order valence-electron chi connectivity index (χ1n) is 10.4. The standard InChI is InChI=1S/C22H27FN4O/c23-19-4-1-3-17(11-19)20-18(12-24-25-20)14-26-10-8-22(15-26)7-2-9-27(21(22)28)13-16-5-6-16/h1,3-4,11-12,16H,2,5-10,13-15H2,(H,24,25)/t22-/m0/s1. The Kier molecular flexibility index (Phi) is 4.46. The van der Waals surface area contributed by atoms with E-state index in [1.54, 1.807) is 6.07 Å². The number of benzene rings is 1. The van der Waals surface area contributed by atoms with Gasteiger partial charge in [-0.25, -0.2) is 4.39 Å². The van der Waals surface area contributed by atoms with Gasteiger partial charge >= 0.3 is 0 Å². The van der Waals surface area contributed by atoms with Crippen molar-refractivity contribution >= 4 is 5.91 Å². The van der Waals surface area contributed by atoms with Crippen LogP contribution in [0, 0.1) is 17.2 Å². The summed E-state index contributed by atoms with van der Waals surface area (Å²) in [5.74, 6) is 0.879. The number of carbonyl (C=O) groups is 1. The highest BCUT2D eigenvalue weighted by Gasteiger charge is 2.48. The van der Waals surface area contributed by atoms with Gasteiger partial charge in [0.25, 0.3) is 0 Å². The molecule has 0 bridgehead atoms. The topological polar surface area (TPSA) is 52.2 Å². The zero-order valence-corrected chi connectivity index (χ0v) is 16.2. The van der Waals surface area contributed by atoms with Crippen LogP contribution in [0.3, 0.4) is 0 Å². The van der Waals surface area contributed by atoms with Gasteiger partial charge in [0.15, 0.2) is 0 Å². The first-order chi connectivity index (χ1) is 13.6. The molecule has 2 aliphatic heterocycles. The molecule has 5 rings (SSSR count). The first kappa shape index (κ1) is 17.9. The van der Waals surface area contributed by atoms with Gasteiger partial charge in [-0.15, -0.1) is 0 Å². The van der Waals surface area contributed by atoms with E-state index < -0.39 is 0 Å². The van der Waals surface area contributed by atoms with Gasteiger partial charge in [-0.3, -0.25) is 14.8 Å². The van der Waals surface area contributed by atoms with Crippen molar-refractivity contribution in [1.29, 1.82) is 0 Å². The number of carbonyl (C=O) groups excluding carboxylic acids is 1. The molecule has 6 heteroatoms. The molecule has 2 aromatic rings. The number of halogens is 1. The predicted molar refractivity (Wildman–Crippen MR) is 105 cm³/mol. The van der Waals surface area contributed by atoms with E-state index in [-0.39, 0.29) is 11.2 Å². The zero-order chi connectivity index (χ0) is 19.1. The number of hydrogen-bond acceptors (Lipinski definition) is 3. The summed E-state index contributed by atoms with van der Waals surface area (Å²) in [4.78, 5) is 17.7. The molecule has 28 heavy (non-hydrogen) atoms. The molecule has 0 unspecified atom stereocenters. The van der Waals surface area contributed by atoms with Crippen molar-refractivity contribution in [2.75, 3.05) is 26.2 Å². The monoisotopic (exact) mass is 382 g/mol. The Morgan fingerprint density at radius 1 is 1.25 bits per heavy atom. The third-order valence-corrected chi connectivity index (χ3v) is 6.66. The third-order valence-electron chi connectivity index (χ3n) is 6.66. The summed E-state index contributed by atoms with van der Waals surface area (Å²) in [5, 5.41) is 7.21. The number of nitrogens with one attached hydrogen (secondary N) is 1. The van der Waals surface area contributed by atoms with E-state index in [4.69, 9.17) is 0 Å². The summed E-state index contributed by atoms with van der Waals surface area (Å²) in [6.45, 7) is 4.38. The van der Waals surface area contributed by atoms with Gasteiger partial charge in [0.05, 0.1) is 17.3 Å². The second kappa shape index (κ2) is 6.99. The second-order valence-corrected chi connectivity index (χ2v) is 8.82. The lowest BCUT2D eigenvalue weighted by molar-refractivity contribution is -0.145. The number of likely N-dealkylation sites (tertiary alicyclic amines) is 2. The minimum atomic E-state index is -0.248. The van der Waals surface area contributed by atoms with Crippen LogP contribution >= 0.6 is 0 Å². The number of H-pyrrole nitrogens is 1. The van der Waals surface area contributed by atoms with Crippen LogP contribution in [0.2, 0.25) is 0 Å². The number of hydrogen-bond donors (Lipinski definition) is 1. The summed E-state index contributed by atoms with van der Waals surface area (Å²) in [7, 11) is 0. The fourth-order valence-corrected chi connectivity index (χ4v) is 4.98. The molecule has 3 heterocycles. The zero-order valence-electron chi connectivity index (χ0n) is 16.2. The first-order valence-corrected chi connectivity index (χ1v) is 10.4. The molecule has 5 nitrogen and oxygen atoms in total. The summed E-state index contributed by atoms with van der Waals surface area (Å²) < 4.78 is 13.6. The maximum atomic E-state index is 13.6. The lowest BCUT2D eigenvalue weighted by Crippen LogP contribution is -2.50. The molecule has 3 aliphatic rings. The molecule has 1 amide bonds. The quantitative estimate of drug-likeness (QED) is 0.862. The van der Waals surface area contributed by atoms with E-state index in [1.165, 1.54) is 25.0 Å². The van der Waals surface area contributed by atoms with Crippen molar-refractivity contribution in [2.24, 2.45) is 11.3 Å². The van der Waals surface area contributed by atoms with E-state index in [0.717, 1.165) is 74.7 Å². The molecule has 1 spiro atoms. The SMILES string of the molecule is O=C1N(CC2CC2)CCC[C@@]12CCN(Cc1cn[nH]c1-c1cccc(F)c1)C2. The van der Waals surface area contributed by atoms with E-state index >= 15 is 0 Å². The summed E-state index contributed by atoms with van der Waals surface area (Å²) in [5.41, 5.74) is 2.54. The summed E-state index contributed by atoms with van der Waals surface area (Å²) in [6.07, 6.45) is 7.46. The van der Waals surface area contributed by atoms with Crippen LogP contribution in [0.5, 0.6) is 0 Å². The summed E-state index contributed by atoms with van der Waals surface area (Å²) in [6, 6.07) is 6.59. The van der Waals surface area contributed by atoms with E-state index in [0.29, 0.717) is 5.91 Å². The van der Waals surface area contributed by atoms with Gasteiger partial charge in [0, 0.05) is 37.3 Å². The lowest BCUT2D eigenvalue weighted by Gasteiger charge is -2.39. The van der Waals surface area contributed by atoms with Crippen LogP contribution in [0.1, 0.15) is 37.7 Å². The molecule has 1 saturated carbocycles.